The fraction of sp³-hybridized carbons (Fsp3) is 0.533. The normalized spacial score (nSPS) is 23.1. The second kappa shape index (κ2) is 6.42. The molecule has 0 unspecified atom stereocenters. The smallest absolute Gasteiger partial charge is 0.251 e. The van der Waals surface area contributed by atoms with Crippen molar-refractivity contribution in [3.05, 3.63) is 28.2 Å². The van der Waals surface area contributed by atoms with Gasteiger partial charge in [0, 0.05) is 21.8 Å². The van der Waals surface area contributed by atoms with Gasteiger partial charge in [-0.2, -0.15) is 0 Å². The number of benzene rings is 1. The molecule has 1 aromatic carbocycles. The number of amides is 1. The number of rotatable bonds is 3. The van der Waals surface area contributed by atoms with Gasteiger partial charge < -0.3 is 11.1 Å². The average molecular weight is 325 g/mol. The molecule has 0 radical (unpaired) electrons. The Hall–Kier alpha value is -1.03. The van der Waals surface area contributed by atoms with Crippen molar-refractivity contribution in [1.29, 1.82) is 0 Å². The summed E-state index contributed by atoms with van der Waals surface area (Å²) in [5.41, 5.74) is 6.99. The monoisotopic (exact) mass is 324 g/mol. The van der Waals surface area contributed by atoms with E-state index in [0.717, 1.165) is 23.2 Å². The molecule has 4 heteroatoms. The number of anilines is 1. The van der Waals surface area contributed by atoms with Crippen LogP contribution < -0.4 is 11.1 Å². The molecule has 2 rings (SSSR count). The SMILES string of the molecule is CCC1CCC(NC(=O)c2cc(N)cc(Br)c2)CC1. The largest absolute Gasteiger partial charge is 0.399 e. The first-order chi connectivity index (χ1) is 9.08. The van der Waals surface area contributed by atoms with Crippen LogP contribution in [0.2, 0.25) is 0 Å². The molecule has 0 saturated heterocycles. The summed E-state index contributed by atoms with van der Waals surface area (Å²) in [7, 11) is 0. The Balaban J connectivity index is 1.94. The molecule has 0 atom stereocenters. The van der Waals surface area contributed by atoms with E-state index in [9.17, 15) is 4.79 Å². The first-order valence-electron chi connectivity index (χ1n) is 6.95. The van der Waals surface area contributed by atoms with Crippen molar-refractivity contribution in [2.24, 2.45) is 5.92 Å². The zero-order chi connectivity index (χ0) is 13.8. The van der Waals surface area contributed by atoms with E-state index < -0.39 is 0 Å². The van der Waals surface area contributed by atoms with E-state index in [1.165, 1.54) is 19.3 Å². The predicted octanol–water partition coefficient (Wildman–Crippen LogP) is 3.73. The van der Waals surface area contributed by atoms with Gasteiger partial charge in [-0.1, -0.05) is 29.3 Å². The van der Waals surface area contributed by atoms with Crippen LogP contribution in [0.25, 0.3) is 0 Å². The number of nitrogen functional groups attached to an aromatic ring is 1. The third kappa shape index (κ3) is 3.96. The van der Waals surface area contributed by atoms with Crippen molar-refractivity contribution < 1.29 is 4.79 Å². The zero-order valence-corrected chi connectivity index (χ0v) is 12.9. The highest BCUT2D eigenvalue weighted by molar-refractivity contribution is 9.10. The Bertz CT molecular complexity index is 433. The number of nitrogens with one attached hydrogen (secondary N) is 1. The highest BCUT2D eigenvalue weighted by Crippen LogP contribution is 2.26. The maximum atomic E-state index is 12.2. The lowest BCUT2D eigenvalue weighted by atomic mass is 9.84. The van der Waals surface area contributed by atoms with Crippen LogP contribution in [0.3, 0.4) is 0 Å². The van der Waals surface area contributed by atoms with Crippen molar-refractivity contribution in [3.63, 3.8) is 0 Å². The molecule has 0 spiro atoms. The number of carbonyl (C=O) groups excluding carboxylic acids is 1. The molecule has 1 aromatic rings. The minimum Gasteiger partial charge on any atom is -0.399 e. The Kier molecular flexibility index (Phi) is 4.86. The summed E-state index contributed by atoms with van der Waals surface area (Å²) in [6.45, 7) is 2.24. The van der Waals surface area contributed by atoms with Gasteiger partial charge in [0.1, 0.15) is 0 Å². The van der Waals surface area contributed by atoms with Crippen molar-refractivity contribution in [1.82, 2.24) is 5.32 Å². The molecule has 1 amide bonds. The van der Waals surface area contributed by atoms with Crippen LogP contribution in [0.4, 0.5) is 5.69 Å². The van der Waals surface area contributed by atoms with Gasteiger partial charge in [-0.15, -0.1) is 0 Å². The molecule has 3 nitrogen and oxygen atoms in total. The fourth-order valence-corrected chi connectivity index (χ4v) is 3.24. The minimum atomic E-state index is -0.0204. The van der Waals surface area contributed by atoms with E-state index >= 15 is 0 Å². The van der Waals surface area contributed by atoms with Gasteiger partial charge >= 0.3 is 0 Å². The van der Waals surface area contributed by atoms with E-state index in [0.29, 0.717) is 17.3 Å². The van der Waals surface area contributed by atoms with E-state index in [1.807, 2.05) is 6.07 Å². The lowest BCUT2D eigenvalue weighted by Gasteiger charge is -2.28. The number of halogens is 1. The molecular weight excluding hydrogens is 304 g/mol. The van der Waals surface area contributed by atoms with E-state index in [2.05, 4.69) is 28.2 Å². The highest BCUT2D eigenvalue weighted by Gasteiger charge is 2.21. The third-order valence-electron chi connectivity index (χ3n) is 3.94. The van der Waals surface area contributed by atoms with Gasteiger partial charge in [0.05, 0.1) is 0 Å². The van der Waals surface area contributed by atoms with Crippen LogP contribution in [0, 0.1) is 5.92 Å². The van der Waals surface area contributed by atoms with Gasteiger partial charge in [0.25, 0.3) is 5.91 Å². The van der Waals surface area contributed by atoms with Crippen LogP contribution in [0.5, 0.6) is 0 Å². The number of carbonyl (C=O) groups is 1. The zero-order valence-electron chi connectivity index (χ0n) is 11.3. The van der Waals surface area contributed by atoms with Gasteiger partial charge in [0.2, 0.25) is 0 Å². The standard InChI is InChI=1S/C15H21BrN2O/c1-2-10-3-5-14(6-4-10)18-15(19)11-7-12(16)9-13(17)8-11/h7-10,14H,2-6,17H2,1H3,(H,18,19). The molecule has 0 aromatic heterocycles. The maximum Gasteiger partial charge on any atom is 0.251 e. The third-order valence-corrected chi connectivity index (χ3v) is 4.40. The van der Waals surface area contributed by atoms with Crippen molar-refractivity contribution in [2.45, 2.75) is 45.1 Å². The molecule has 0 heterocycles. The topological polar surface area (TPSA) is 55.1 Å². The lowest BCUT2D eigenvalue weighted by molar-refractivity contribution is 0.0921. The molecule has 104 valence electrons. The quantitative estimate of drug-likeness (QED) is 0.832. The Morgan fingerprint density at radius 2 is 2.00 bits per heavy atom. The number of hydrogen-bond donors (Lipinski definition) is 2. The summed E-state index contributed by atoms with van der Waals surface area (Å²) in [4.78, 5) is 12.2. The molecular formula is C15H21BrN2O. The van der Waals surface area contributed by atoms with Crippen LogP contribution in [0.15, 0.2) is 22.7 Å². The summed E-state index contributed by atoms with van der Waals surface area (Å²) in [6.07, 6.45) is 5.88. The van der Waals surface area contributed by atoms with Crippen molar-refractivity contribution >= 4 is 27.5 Å². The van der Waals surface area contributed by atoms with Crippen molar-refractivity contribution in [3.8, 4) is 0 Å². The van der Waals surface area contributed by atoms with Crippen LogP contribution >= 0.6 is 15.9 Å². The lowest BCUT2D eigenvalue weighted by Crippen LogP contribution is -2.37. The Labute approximate surface area is 123 Å². The van der Waals surface area contributed by atoms with Gasteiger partial charge in [-0.25, -0.2) is 0 Å². The van der Waals surface area contributed by atoms with Crippen LogP contribution in [0.1, 0.15) is 49.4 Å². The Morgan fingerprint density at radius 1 is 1.32 bits per heavy atom. The molecule has 1 aliphatic rings. The molecule has 19 heavy (non-hydrogen) atoms. The molecule has 1 saturated carbocycles. The molecule has 3 N–H and O–H groups in total. The molecule has 0 bridgehead atoms. The maximum absolute atomic E-state index is 12.2. The van der Waals surface area contributed by atoms with Crippen molar-refractivity contribution in [2.75, 3.05) is 5.73 Å². The Morgan fingerprint density at radius 3 is 2.58 bits per heavy atom. The minimum absolute atomic E-state index is 0.0204. The van der Waals surface area contributed by atoms with E-state index in [-0.39, 0.29) is 5.91 Å². The second-order valence-electron chi connectivity index (χ2n) is 5.37. The summed E-state index contributed by atoms with van der Waals surface area (Å²) in [5, 5.41) is 3.12. The molecule has 1 fully saturated rings. The van der Waals surface area contributed by atoms with Gasteiger partial charge in [-0.05, 0) is 49.8 Å². The molecule has 1 aliphatic carbocycles. The van der Waals surface area contributed by atoms with Crippen LogP contribution in [-0.4, -0.2) is 11.9 Å². The summed E-state index contributed by atoms with van der Waals surface area (Å²) in [5.74, 6) is 0.822. The van der Waals surface area contributed by atoms with E-state index in [1.54, 1.807) is 12.1 Å². The average Bonchev–Trinajstić information content (AvgIpc) is 2.38. The predicted molar refractivity (Wildman–Crippen MR) is 82.1 cm³/mol. The first kappa shape index (κ1) is 14.4. The second-order valence-corrected chi connectivity index (χ2v) is 6.29. The summed E-state index contributed by atoms with van der Waals surface area (Å²) >= 11 is 3.36. The van der Waals surface area contributed by atoms with E-state index in [4.69, 9.17) is 5.73 Å². The summed E-state index contributed by atoms with van der Waals surface area (Å²) in [6, 6.07) is 5.64. The summed E-state index contributed by atoms with van der Waals surface area (Å²) < 4.78 is 0.840. The van der Waals surface area contributed by atoms with Crippen LogP contribution in [-0.2, 0) is 0 Å². The molecule has 0 aliphatic heterocycles. The van der Waals surface area contributed by atoms with Gasteiger partial charge in [-0.3, -0.25) is 4.79 Å². The number of nitrogens with two attached hydrogens (primary N) is 1. The van der Waals surface area contributed by atoms with Gasteiger partial charge in [0.15, 0.2) is 0 Å². The number of hydrogen-bond acceptors (Lipinski definition) is 2. The first-order valence-corrected chi connectivity index (χ1v) is 7.74. The fourth-order valence-electron chi connectivity index (χ4n) is 2.73. The highest BCUT2D eigenvalue weighted by atomic mass is 79.9.